The Hall–Kier alpha value is -2.64. The molecule has 7 nitrogen and oxygen atoms in total. The van der Waals surface area contributed by atoms with E-state index in [0.29, 0.717) is 21.2 Å². The number of nitro benzene ring substituents is 1. The van der Waals surface area contributed by atoms with Crippen LogP contribution in [0.1, 0.15) is 16.7 Å². The number of halogens is 2. The van der Waals surface area contributed by atoms with Crippen molar-refractivity contribution in [1.82, 2.24) is 0 Å². The number of benzene rings is 2. The third kappa shape index (κ3) is 5.42. The van der Waals surface area contributed by atoms with E-state index in [9.17, 15) is 19.7 Å². The number of aryl methyl sites for hydroxylation is 1. The summed E-state index contributed by atoms with van der Waals surface area (Å²) in [6.07, 6.45) is -0.0895. The van der Waals surface area contributed by atoms with E-state index in [4.69, 9.17) is 27.9 Å². The Bertz CT molecular complexity index is 915. The molecule has 0 aliphatic heterocycles. The third-order valence-electron chi connectivity index (χ3n) is 3.87. The summed E-state index contributed by atoms with van der Waals surface area (Å²) in [6, 6.07) is 7.62. The van der Waals surface area contributed by atoms with Crippen molar-refractivity contribution in [3.05, 3.63) is 67.2 Å². The van der Waals surface area contributed by atoms with Gasteiger partial charge in [0.25, 0.3) is 11.6 Å². The molecule has 0 aliphatic rings. The molecule has 0 fully saturated rings. The Morgan fingerprint density at radius 3 is 2.48 bits per heavy atom. The van der Waals surface area contributed by atoms with Gasteiger partial charge in [-0.1, -0.05) is 35.3 Å². The number of hydrogen-bond donors (Lipinski definition) is 1. The van der Waals surface area contributed by atoms with Crippen LogP contribution < -0.4 is 5.32 Å². The van der Waals surface area contributed by atoms with Crippen molar-refractivity contribution >= 4 is 46.5 Å². The average molecular weight is 411 g/mol. The van der Waals surface area contributed by atoms with E-state index in [1.165, 1.54) is 12.1 Å². The van der Waals surface area contributed by atoms with Gasteiger partial charge < -0.3 is 10.1 Å². The van der Waals surface area contributed by atoms with Gasteiger partial charge >= 0.3 is 5.97 Å². The summed E-state index contributed by atoms with van der Waals surface area (Å²) in [5.74, 6) is -1.31. The van der Waals surface area contributed by atoms with Crippen molar-refractivity contribution in [2.75, 3.05) is 11.9 Å². The minimum Gasteiger partial charge on any atom is -0.455 e. The molecule has 0 aliphatic carbocycles. The first-order chi connectivity index (χ1) is 12.7. The second kappa shape index (κ2) is 8.83. The summed E-state index contributed by atoms with van der Waals surface area (Å²) in [5, 5.41) is 14.2. The van der Waals surface area contributed by atoms with Crippen molar-refractivity contribution < 1.29 is 19.2 Å². The smallest absolute Gasteiger partial charge is 0.310 e. The van der Waals surface area contributed by atoms with Crippen LogP contribution in [0.15, 0.2) is 30.3 Å². The van der Waals surface area contributed by atoms with E-state index in [2.05, 4.69) is 5.32 Å². The quantitative estimate of drug-likeness (QED) is 0.436. The van der Waals surface area contributed by atoms with E-state index < -0.39 is 23.4 Å². The fourth-order valence-electron chi connectivity index (χ4n) is 2.30. The van der Waals surface area contributed by atoms with Gasteiger partial charge in [0.15, 0.2) is 6.61 Å². The minimum absolute atomic E-state index is 0.0885. The van der Waals surface area contributed by atoms with Crippen LogP contribution in [-0.2, 0) is 20.7 Å². The molecule has 1 N–H and O–H groups in total. The number of amides is 1. The topological polar surface area (TPSA) is 98.5 Å². The number of hydrogen-bond acceptors (Lipinski definition) is 5. The van der Waals surface area contributed by atoms with E-state index in [1.54, 1.807) is 32.0 Å². The van der Waals surface area contributed by atoms with Gasteiger partial charge in [-0.3, -0.25) is 19.7 Å². The van der Waals surface area contributed by atoms with Crippen LogP contribution >= 0.6 is 23.2 Å². The van der Waals surface area contributed by atoms with Crippen LogP contribution in [0.4, 0.5) is 11.4 Å². The Labute approximate surface area is 165 Å². The third-order valence-corrected chi connectivity index (χ3v) is 4.61. The lowest BCUT2D eigenvalue weighted by molar-refractivity contribution is -0.384. The summed E-state index contributed by atoms with van der Waals surface area (Å²) in [5.41, 5.74) is 1.80. The Morgan fingerprint density at radius 2 is 1.85 bits per heavy atom. The highest BCUT2D eigenvalue weighted by molar-refractivity contribution is 6.42. The SMILES string of the molecule is Cc1ccc([N+](=O)[O-])c(NC(=O)COC(=O)Cc2ccc(Cl)c(Cl)c2)c1C. The Kier molecular flexibility index (Phi) is 6.76. The van der Waals surface area contributed by atoms with Crippen molar-refractivity contribution in [2.24, 2.45) is 0 Å². The van der Waals surface area contributed by atoms with Crippen LogP contribution in [0.2, 0.25) is 10.0 Å². The lowest BCUT2D eigenvalue weighted by Crippen LogP contribution is -2.22. The molecule has 0 saturated heterocycles. The molecule has 0 radical (unpaired) electrons. The molecule has 142 valence electrons. The molecular formula is C18H16Cl2N2O5. The second-order valence-corrected chi connectivity index (χ2v) is 6.61. The summed E-state index contributed by atoms with van der Waals surface area (Å²) in [4.78, 5) is 34.5. The van der Waals surface area contributed by atoms with Crippen LogP contribution in [0.25, 0.3) is 0 Å². The van der Waals surface area contributed by atoms with Gasteiger partial charge in [-0.25, -0.2) is 0 Å². The van der Waals surface area contributed by atoms with Gasteiger partial charge in [0.05, 0.1) is 21.4 Å². The molecule has 2 rings (SSSR count). The van der Waals surface area contributed by atoms with Gasteiger partial charge in [0.2, 0.25) is 0 Å². The van der Waals surface area contributed by atoms with Crippen LogP contribution in [-0.4, -0.2) is 23.4 Å². The number of esters is 1. The zero-order valence-electron chi connectivity index (χ0n) is 14.5. The monoisotopic (exact) mass is 410 g/mol. The number of anilines is 1. The number of nitro groups is 1. The van der Waals surface area contributed by atoms with Gasteiger partial charge in [0.1, 0.15) is 5.69 Å². The highest BCUT2D eigenvalue weighted by Crippen LogP contribution is 2.30. The van der Waals surface area contributed by atoms with Crippen LogP contribution in [0.5, 0.6) is 0 Å². The Morgan fingerprint density at radius 1 is 1.15 bits per heavy atom. The first kappa shape index (κ1) is 20.7. The molecule has 0 bridgehead atoms. The molecule has 9 heteroatoms. The number of carbonyl (C=O) groups is 2. The van der Waals surface area contributed by atoms with Crippen molar-refractivity contribution in [2.45, 2.75) is 20.3 Å². The highest BCUT2D eigenvalue weighted by atomic mass is 35.5. The molecule has 0 aromatic heterocycles. The van der Waals surface area contributed by atoms with Crippen LogP contribution in [0.3, 0.4) is 0 Å². The lowest BCUT2D eigenvalue weighted by Gasteiger charge is -2.11. The highest BCUT2D eigenvalue weighted by Gasteiger charge is 2.20. The van der Waals surface area contributed by atoms with Crippen molar-refractivity contribution in [1.29, 1.82) is 0 Å². The van der Waals surface area contributed by atoms with E-state index in [1.807, 2.05) is 0 Å². The lowest BCUT2D eigenvalue weighted by atomic mass is 10.1. The normalized spacial score (nSPS) is 10.4. The molecule has 2 aromatic carbocycles. The summed E-state index contributed by atoms with van der Waals surface area (Å²) < 4.78 is 4.92. The standard InChI is InChI=1S/C18H16Cl2N2O5/c1-10-3-6-15(22(25)26)18(11(10)2)21-16(23)9-27-17(24)8-12-4-5-13(19)14(20)7-12/h3-7H,8-9H2,1-2H3,(H,21,23). The summed E-state index contributed by atoms with van der Waals surface area (Å²) in [6.45, 7) is 2.87. The fourth-order valence-corrected chi connectivity index (χ4v) is 2.62. The van der Waals surface area contributed by atoms with E-state index >= 15 is 0 Å². The average Bonchev–Trinajstić information content (AvgIpc) is 2.60. The Balaban J connectivity index is 1.98. The molecule has 27 heavy (non-hydrogen) atoms. The maximum Gasteiger partial charge on any atom is 0.310 e. The predicted octanol–water partition coefficient (Wildman–Crippen LogP) is 4.24. The summed E-state index contributed by atoms with van der Waals surface area (Å²) in [7, 11) is 0. The maximum atomic E-state index is 12.1. The van der Waals surface area contributed by atoms with Crippen molar-refractivity contribution in [3.63, 3.8) is 0 Å². The van der Waals surface area contributed by atoms with Crippen molar-refractivity contribution in [3.8, 4) is 0 Å². The minimum atomic E-state index is -0.672. The number of ether oxygens (including phenoxy) is 1. The van der Waals surface area contributed by atoms with Gasteiger partial charge in [-0.15, -0.1) is 0 Å². The van der Waals surface area contributed by atoms with Crippen LogP contribution in [0, 0.1) is 24.0 Å². The molecule has 2 aromatic rings. The first-order valence-corrected chi connectivity index (χ1v) is 8.58. The van der Waals surface area contributed by atoms with Gasteiger partial charge in [-0.05, 0) is 42.7 Å². The second-order valence-electron chi connectivity index (χ2n) is 5.79. The van der Waals surface area contributed by atoms with E-state index in [-0.39, 0.29) is 17.8 Å². The molecule has 0 unspecified atom stereocenters. The molecule has 1 amide bonds. The van der Waals surface area contributed by atoms with Gasteiger partial charge in [-0.2, -0.15) is 0 Å². The summed E-state index contributed by atoms with van der Waals surface area (Å²) >= 11 is 11.7. The molecule has 0 saturated carbocycles. The number of rotatable bonds is 6. The number of carbonyl (C=O) groups excluding carboxylic acids is 2. The number of nitrogens with one attached hydrogen (secondary N) is 1. The zero-order valence-corrected chi connectivity index (χ0v) is 16.1. The fraction of sp³-hybridized carbons (Fsp3) is 0.222. The maximum absolute atomic E-state index is 12.1. The first-order valence-electron chi connectivity index (χ1n) is 7.83. The van der Waals surface area contributed by atoms with E-state index in [0.717, 1.165) is 5.56 Å². The molecule has 0 atom stereocenters. The largest absolute Gasteiger partial charge is 0.455 e. The molecule has 0 heterocycles. The molecular weight excluding hydrogens is 395 g/mol. The number of nitrogens with zero attached hydrogens (tertiary/aromatic N) is 1. The zero-order chi connectivity index (χ0) is 20.1. The molecule has 0 spiro atoms. The van der Waals surface area contributed by atoms with Gasteiger partial charge in [0, 0.05) is 6.07 Å². The predicted molar refractivity (Wildman–Crippen MR) is 102 cm³/mol.